The first-order chi connectivity index (χ1) is 14.9. The van der Waals surface area contributed by atoms with E-state index in [0.717, 1.165) is 28.1 Å². The van der Waals surface area contributed by atoms with Crippen molar-refractivity contribution in [3.8, 4) is 0 Å². The lowest BCUT2D eigenvalue weighted by Crippen LogP contribution is -2.44. The van der Waals surface area contributed by atoms with Crippen LogP contribution in [0, 0.1) is 13.8 Å². The summed E-state index contributed by atoms with van der Waals surface area (Å²) in [4.78, 5) is 24.5. The van der Waals surface area contributed by atoms with Crippen molar-refractivity contribution in [2.75, 3.05) is 0 Å². The van der Waals surface area contributed by atoms with E-state index in [0.29, 0.717) is 13.1 Å². The van der Waals surface area contributed by atoms with Crippen LogP contribution in [0.15, 0.2) is 66.7 Å². The lowest BCUT2D eigenvalue weighted by Gasteiger charge is -2.13. The SMILES string of the molecule is Cc1cc(C)n(Cc2cccc(CNC(=O)C(C)NC(=O)C=Cc3ccccc3)c2)n1. The first-order valence-corrected chi connectivity index (χ1v) is 10.3. The van der Waals surface area contributed by atoms with Crippen molar-refractivity contribution in [2.45, 2.75) is 39.9 Å². The standard InChI is InChI=1S/C25H28N4O2/c1-18-14-19(2)29(28-18)17-23-11-7-10-22(15-23)16-26-25(31)20(3)27-24(30)13-12-21-8-5-4-6-9-21/h4-15,20H,16-17H2,1-3H3,(H,26,31)(H,27,30). The molecule has 1 unspecified atom stereocenters. The molecule has 2 amide bonds. The van der Waals surface area contributed by atoms with Gasteiger partial charge in [0.2, 0.25) is 11.8 Å². The fourth-order valence-electron chi connectivity index (χ4n) is 3.25. The van der Waals surface area contributed by atoms with Gasteiger partial charge in [0.05, 0.1) is 12.2 Å². The summed E-state index contributed by atoms with van der Waals surface area (Å²) in [5.74, 6) is -0.538. The molecule has 0 fully saturated rings. The van der Waals surface area contributed by atoms with E-state index >= 15 is 0 Å². The maximum atomic E-state index is 12.4. The van der Waals surface area contributed by atoms with E-state index in [1.165, 1.54) is 6.08 Å². The average molecular weight is 417 g/mol. The maximum absolute atomic E-state index is 12.4. The molecule has 0 aliphatic carbocycles. The predicted molar refractivity (Wildman–Crippen MR) is 122 cm³/mol. The minimum atomic E-state index is -0.634. The number of nitrogens with one attached hydrogen (secondary N) is 2. The van der Waals surface area contributed by atoms with Gasteiger partial charge < -0.3 is 10.6 Å². The Morgan fingerprint density at radius 1 is 1.03 bits per heavy atom. The first-order valence-electron chi connectivity index (χ1n) is 10.3. The van der Waals surface area contributed by atoms with Crippen LogP contribution in [0.3, 0.4) is 0 Å². The van der Waals surface area contributed by atoms with E-state index in [4.69, 9.17) is 0 Å². The first kappa shape index (κ1) is 22.0. The molecule has 0 spiro atoms. The predicted octanol–water partition coefficient (Wildman–Crippen LogP) is 3.38. The molecule has 31 heavy (non-hydrogen) atoms. The fourth-order valence-corrected chi connectivity index (χ4v) is 3.25. The van der Waals surface area contributed by atoms with Crippen LogP contribution in [-0.4, -0.2) is 27.6 Å². The minimum absolute atomic E-state index is 0.231. The Balaban J connectivity index is 1.50. The molecule has 0 bridgehead atoms. The van der Waals surface area contributed by atoms with E-state index < -0.39 is 6.04 Å². The molecule has 1 heterocycles. The van der Waals surface area contributed by atoms with Gasteiger partial charge in [0.1, 0.15) is 6.04 Å². The highest BCUT2D eigenvalue weighted by molar-refractivity contribution is 5.95. The van der Waals surface area contributed by atoms with Crippen LogP contribution in [0.2, 0.25) is 0 Å². The Bertz CT molecular complexity index is 1070. The molecule has 160 valence electrons. The van der Waals surface area contributed by atoms with Crippen molar-refractivity contribution in [1.82, 2.24) is 20.4 Å². The molecule has 0 aliphatic rings. The number of hydrogen-bond acceptors (Lipinski definition) is 3. The highest BCUT2D eigenvalue weighted by atomic mass is 16.2. The molecule has 0 saturated heterocycles. The van der Waals surface area contributed by atoms with Crippen molar-refractivity contribution in [2.24, 2.45) is 0 Å². The number of aromatic nitrogens is 2. The summed E-state index contributed by atoms with van der Waals surface area (Å²) in [5.41, 5.74) is 5.15. The Morgan fingerprint density at radius 2 is 1.77 bits per heavy atom. The van der Waals surface area contributed by atoms with E-state index in [-0.39, 0.29) is 11.8 Å². The van der Waals surface area contributed by atoms with Crippen LogP contribution in [0.4, 0.5) is 0 Å². The van der Waals surface area contributed by atoms with Crippen molar-refractivity contribution in [3.63, 3.8) is 0 Å². The lowest BCUT2D eigenvalue weighted by atomic mass is 10.1. The van der Waals surface area contributed by atoms with Gasteiger partial charge in [-0.2, -0.15) is 5.10 Å². The molecule has 1 aromatic heterocycles. The molecule has 2 aromatic carbocycles. The van der Waals surface area contributed by atoms with Gasteiger partial charge in [-0.3, -0.25) is 14.3 Å². The van der Waals surface area contributed by atoms with Crippen LogP contribution in [0.5, 0.6) is 0 Å². The minimum Gasteiger partial charge on any atom is -0.350 e. The Kier molecular flexibility index (Phi) is 7.38. The summed E-state index contributed by atoms with van der Waals surface area (Å²) in [5, 5.41) is 10.1. The van der Waals surface area contributed by atoms with Crippen molar-refractivity contribution >= 4 is 17.9 Å². The second-order valence-electron chi connectivity index (χ2n) is 7.60. The monoisotopic (exact) mass is 416 g/mol. The van der Waals surface area contributed by atoms with Crippen molar-refractivity contribution in [1.29, 1.82) is 0 Å². The number of benzene rings is 2. The third-order valence-electron chi connectivity index (χ3n) is 4.87. The van der Waals surface area contributed by atoms with Gasteiger partial charge in [0.15, 0.2) is 0 Å². The molecule has 0 radical (unpaired) electrons. The number of hydrogen-bond donors (Lipinski definition) is 2. The van der Waals surface area contributed by atoms with E-state index in [1.54, 1.807) is 13.0 Å². The van der Waals surface area contributed by atoms with Gasteiger partial charge >= 0.3 is 0 Å². The fraction of sp³-hybridized carbons (Fsp3) is 0.240. The molecule has 1 atom stereocenters. The van der Waals surface area contributed by atoms with Gasteiger partial charge in [0, 0.05) is 18.3 Å². The number of aryl methyl sites for hydroxylation is 2. The highest BCUT2D eigenvalue weighted by Gasteiger charge is 2.14. The van der Waals surface area contributed by atoms with Crippen molar-refractivity contribution < 1.29 is 9.59 Å². The molecular formula is C25H28N4O2. The second kappa shape index (κ2) is 10.4. The molecule has 2 N–H and O–H groups in total. The van der Waals surface area contributed by atoms with Crippen LogP contribution in [-0.2, 0) is 22.7 Å². The van der Waals surface area contributed by atoms with E-state index in [1.807, 2.05) is 67.1 Å². The molecule has 6 nitrogen and oxygen atoms in total. The Morgan fingerprint density at radius 3 is 2.48 bits per heavy atom. The number of carbonyl (C=O) groups excluding carboxylic acids is 2. The molecule has 3 rings (SSSR count). The van der Waals surface area contributed by atoms with Crippen LogP contribution in [0.25, 0.3) is 6.08 Å². The summed E-state index contributed by atoms with van der Waals surface area (Å²) in [6, 6.07) is 19.0. The molecule has 0 aliphatic heterocycles. The lowest BCUT2D eigenvalue weighted by molar-refractivity contribution is -0.126. The zero-order valence-electron chi connectivity index (χ0n) is 18.1. The smallest absolute Gasteiger partial charge is 0.244 e. The van der Waals surface area contributed by atoms with Gasteiger partial charge in [0.25, 0.3) is 0 Å². The van der Waals surface area contributed by atoms with Gasteiger partial charge in [-0.05, 0) is 49.6 Å². The molecule has 3 aromatic rings. The Hall–Kier alpha value is -3.67. The van der Waals surface area contributed by atoms with Crippen molar-refractivity contribution in [3.05, 3.63) is 94.8 Å². The molecular weight excluding hydrogens is 388 g/mol. The zero-order chi connectivity index (χ0) is 22.2. The topological polar surface area (TPSA) is 76.0 Å². The number of amides is 2. The third-order valence-corrected chi connectivity index (χ3v) is 4.87. The van der Waals surface area contributed by atoms with E-state index in [2.05, 4.69) is 27.9 Å². The van der Waals surface area contributed by atoms with Crippen LogP contribution < -0.4 is 10.6 Å². The highest BCUT2D eigenvalue weighted by Crippen LogP contribution is 2.10. The third kappa shape index (κ3) is 6.67. The Labute approximate surface area is 183 Å². The zero-order valence-corrected chi connectivity index (χ0v) is 18.1. The number of carbonyl (C=O) groups is 2. The van der Waals surface area contributed by atoms with Gasteiger partial charge in [-0.1, -0.05) is 54.6 Å². The summed E-state index contributed by atoms with van der Waals surface area (Å²) < 4.78 is 1.97. The molecule has 6 heteroatoms. The van der Waals surface area contributed by atoms with Crippen LogP contribution >= 0.6 is 0 Å². The quantitative estimate of drug-likeness (QED) is 0.553. The summed E-state index contributed by atoms with van der Waals surface area (Å²) in [7, 11) is 0. The van der Waals surface area contributed by atoms with Gasteiger partial charge in [-0.25, -0.2) is 0 Å². The van der Waals surface area contributed by atoms with Gasteiger partial charge in [-0.15, -0.1) is 0 Å². The summed E-state index contributed by atoms with van der Waals surface area (Å²) >= 11 is 0. The second-order valence-corrected chi connectivity index (χ2v) is 7.60. The maximum Gasteiger partial charge on any atom is 0.244 e. The largest absolute Gasteiger partial charge is 0.350 e. The van der Waals surface area contributed by atoms with E-state index in [9.17, 15) is 9.59 Å². The summed E-state index contributed by atoms with van der Waals surface area (Å²) in [6.07, 6.45) is 3.15. The normalized spacial score (nSPS) is 12.0. The average Bonchev–Trinajstić information content (AvgIpc) is 3.08. The van der Waals surface area contributed by atoms with Crippen LogP contribution in [0.1, 0.15) is 35.0 Å². The number of rotatable bonds is 8. The summed E-state index contributed by atoms with van der Waals surface area (Å²) in [6.45, 7) is 6.76. The molecule has 0 saturated carbocycles. The number of nitrogens with zero attached hydrogens (tertiary/aromatic N) is 2.